The number of aliphatic hydroxyl groups excluding tert-OH is 2. The van der Waals surface area contributed by atoms with E-state index in [1.165, 1.54) is 0 Å². The van der Waals surface area contributed by atoms with Gasteiger partial charge in [-0.1, -0.05) is 17.0 Å². The fourth-order valence-electron chi connectivity index (χ4n) is 1.56. The third-order valence-electron chi connectivity index (χ3n) is 2.67. The van der Waals surface area contributed by atoms with Crippen molar-refractivity contribution in [1.82, 2.24) is 0 Å². The van der Waals surface area contributed by atoms with E-state index in [0.29, 0.717) is 16.2 Å². The lowest BCUT2D eigenvalue weighted by Crippen LogP contribution is -1.91. The number of rotatable bonds is 4. The van der Waals surface area contributed by atoms with E-state index in [2.05, 4.69) is 5.11 Å². The van der Waals surface area contributed by atoms with E-state index in [0.717, 1.165) is 11.1 Å². The summed E-state index contributed by atoms with van der Waals surface area (Å²) < 4.78 is 0. The summed E-state index contributed by atoms with van der Waals surface area (Å²) in [6.07, 6.45) is 0. The van der Waals surface area contributed by atoms with Crippen LogP contribution in [-0.2, 0) is 13.2 Å². The van der Waals surface area contributed by atoms with Crippen molar-refractivity contribution in [3.63, 3.8) is 0 Å². The summed E-state index contributed by atoms with van der Waals surface area (Å²) in [5, 5.41) is 33.5. The Morgan fingerprint density at radius 1 is 0.842 bits per heavy atom. The highest BCUT2D eigenvalue weighted by molar-refractivity contribution is 5.38. The second kappa shape index (κ2) is 6.08. The first-order valence-electron chi connectivity index (χ1n) is 5.81. The van der Waals surface area contributed by atoms with E-state index in [4.69, 9.17) is 10.2 Å². The van der Waals surface area contributed by atoms with Crippen LogP contribution in [0.2, 0.25) is 0 Å². The quantitative estimate of drug-likeness (QED) is 0.502. The summed E-state index contributed by atoms with van der Waals surface area (Å²) in [6, 6.07) is 13.3. The summed E-state index contributed by atoms with van der Waals surface area (Å²) in [5.74, 6) is 0. The largest absolute Gasteiger partial charge is 0.594 e. The van der Waals surface area contributed by atoms with Crippen molar-refractivity contribution < 1.29 is 15.1 Å². The fourth-order valence-corrected chi connectivity index (χ4v) is 1.56. The monoisotopic (exact) mass is 258 g/mol. The van der Waals surface area contributed by atoms with E-state index in [1.807, 2.05) is 0 Å². The molecule has 0 aliphatic rings. The Labute approximate surface area is 110 Å². The SMILES string of the molecule is [O-][N+](=Nc1ccc(CO)cc1)c1ccc(CO)cc1. The van der Waals surface area contributed by atoms with Crippen LogP contribution >= 0.6 is 0 Å². The molecule has 2 aromatic carbocycles. The van der Waals surface area contributed by atoms with Gasteiger partial charge in [0.1, 0.15) is 5.69 Å². The second-order valence-electron chi connectivity index (χ2n) is 4.02. The van der Waals surface area contributed by atoms with Crippen LogP contribution in [0.3, 0.4) is 0 Å². The molecule has 0 radical (unpaired) electrons. The van der Waals surface area contributed by atoms with Crippen LogP contribution in [-0.4, -0.2) is 15.1 Å². The zero-order chi connectivity index (χ0) is 13.7. The van der Waals surface area contributed by atoms with E-state index in [9.17, 15) is 5.21 Å². The molecule has 2 aromatic rings. The Kier molecular flexibility index (Phi) is 4.22. The molecule has 0 unspecified atom stereocenters. The number of hydrogen-bond acceptors (Lipinski definition) is 4. The number of hydrogen-bond donors (Lipinski definition) is 2. The van der Waals surface area contributed by atoms with Crippen molar-refractivity contribution >= 4 is 11.4 Å². The van der Waals surface area contributed by atoms with Gasteiger partial charge in [0.05, 0.1) is 13.2 Å². The first-order valence-corrected chi connectivity index (χ1v) is 5.81. The molecule has 0 spiro atoms. The van der Waals surface area contributed by atoms with Crippen molar-refractivity contribution in [1.29, 1.82) is 0 Å². The minimum atomic E-state index is -0.0566. The number of aliphatic hydroxyl groups is 2. The van der Waals surface area contributed by atoms with Crippen LogP contribution in [0.15, 0.2) is 53.6 Å². The third kappa shape index (κ3) is 3.37. The maximum absolute atomic E-state index is 11.8. The van der Waals surface area contributed by atoms with E-state index in [1.54, 1.807) is 48.5 Å². The highest BCUT2D eigenvalue weighted by Gasteiger charge is 2.04. The van der Waals surface area contributed by atoms with Gasteiger partial charge in [-0.05, 0) is 35.4 Å². The molecule has 0 atom stereocenters. The summed E-state index contributed by atoms with van der Waals surface area (Å²) in [7, 11) is 0. The summed E-state index contributed by atoms with van der Waals surface area (Å²) in [4.78, 5) is 0.523. The average Bonchev–Trinajstić information content (AvgIpc) is 2.48. The van der Waals surface area contributed by atoms with Crippen LogP contribution in [0.25, 0.3) is 0 Å². The molecule has 2 rings (SSSR count). The maximum atomic E-state index is 11.8. The molecular formula is C14H14N2O3. The Hall–Kier alpha value is -2.24. The van der Waals surface area contributed by atoms with Crippen molar-refractivity contribution in [2.75, 3.05) is 0 Å². The van der Waals surface area contributed by atoms with Crippen LogP contribution < -0.4 is 0 Å². The fraction of sp³-hybridized carbons (Fsp3) is 0.143. The number of benzene rings is 2. The molecule has 0 amide bonds. The molecular weight excluding hydrogens is 244 g/mol. The highest BCUT2D eigenvalue weighted by Crippen LogP contribution is 2.18. The molecule has 0 aliphatic heterocycles. The summed E-state index contributed by atoms with van der Waals surface area (Å²) in [6.45, 7) is -0.0944. The van der Waals surface area contributed by atoms with E-state index >= 15 is 0 Å². The molecule has 0 bridgehead atoms. The van der Waals surface area contributed by atoms with Gasteiger partial charge in [0, 0.05) is 17.2 Å². The van der Waals surface area contributed by atoms with Gasteiger partial charge >= 0.3 is 0 Å². The van der Waals surface area contributed by atoms with Gasteiger partial charge in [-0.3, -0.25) is 0 Å². The minimum absolute atomic E-state index is 0.0377. The average molecular weight is 258 g/mol. The van der Waals surface area contributed by atoms with Crippen molar-refractivity contribution in [3.05, 3.63) is 64.9 Å². The third-order valence-corrected chi connectivity index (χ3v) is 2.67. The van der Waals surface area contributed by atoms with Crippen LogP contribution in [0.1, 0.15) is 11.1 Å². The maximum Gasteiger partial charge on any atom is 0.244 e. The molecule has 0 heterocycles. The van der Waals surface area contributed by atoms with Gasteiger partial charge in [-0.25, -0.2) is 0 Å². The van der Waals surface area contributed by atoms with Gasteiger partial charge in [0.25, 0.3) is 0 Å². The van der Waals surface area contributed by atoms with Crippen molar-refractivity contribution in [2.24, 2.45) is 5.11 Å². The lowest BCUT2D eigenvalue weighted by Gasteiger charge is -2.01. The Bertz CT molecular complexity index is 562. The van der Waals surface area contributed by atoms with Crippen LogP contribution in [0, 0.1) is 5.21 Å². The van der Waals surface area contributed by atoms with Crippen molar-refractivity contribution in [2.45, 2.75) is 13.2 Å². The summed E-state index contributed by atoms with van der Waals surface area (Å²) in [5.41, 5.74) is 2.41. The van der Waals surface area contributed by atoms with E-state index < -0.39 is 0 Å². The molecule has 0 saturated heterocycles. The molecule has 19 heavy (non-hydrogen) atoms. The smallest absolute Gasteiger partial charge is 0.244 e. The Balaban J connectivity index is 2.20. The van der Waals surface area contributed by atoms with E-state index in [-0.39, 0.29) is 13.2 Å². The normalized spacial score (nSPS) is 11.6. The lowest BCUT2D eigenvalue weighted by atomic mass is 10.2. The number of azo groups is 1. The molecule has 0 aliphatic carbocycles. The lowest BCUT2D eigenvalue weighted by molar-refractivity contribution is -0.435. The molecule has 98 valence electrons. The van der Waals surface area contributed by atoms with Crippen LogP contribution in [0.4, 0.5) is 11.4 Å². The molecule has 0 fully saturated rings. The number of nitrogens with zero attached hydrogens (tertiary/aromatic N) is 2. The van der Waals surface area contributed by atoms with Gasteiger partial charge in [0.2, 0.25) is 5.69 Å². The van der Waals surface area contributed by atoms with Gasteiger partial charge < -0.3 is 15.4 Å². The second-order valence-corrected chi connectivity index (χ2v) is 4.02. The zero-order valence-electron chi connectivity index (χ0n) is 10.2. The topological polar surface area (TPSA) is 78.9 Å². The van der Waals surface area contributed by atoms with Gasteiger partial charge in [-0.2, -0.15) is 0 Å². The summed E-state index contributed by atoms with van der Waals surface area (Å²) >= 11 is 0. The highest BCUT2D eigenvalue weighted by atomic mass is 16.5. The first-order chi connectivity index (χ1) is 9.22. The molecule has 5 heteroatoms. The predicted octanol–water partition coefficient (Wildman–Crippen LogP) is 2.60. The predicted molar refractivity (Wildman–Crippen MR) is 70.1 cm³/mol. The standard InChI is InChI=1S/C14H14N2O3/c17-9-11-1-5-13(6-2-11)15-16(19)14-7-3-12(10-18)4-8-14/h1-8,17-18H,9-10H2. The van der Waals surface area contributed by atoms with Crippen LogP contribution in [0.5, 0.6) is 0 Å². The van der Waals surface area contributed by atoms with Crippen molar-refractivity contribution in [3.8, 4) is 0 Å². The molecule has 0 saturated carbocycles. The Morgan fingerprint density at radius 3 is 1.79 bits per heavy atom. The van der Waals surface area contributed by atoms with Gasteiger partial charge in [-0.15, -0.1) is 0 Å². The zero-order valence-corrected chi connectivity index (χ0v) is 10.2. The first kappa shape index (κ1) is 13.2. The molecule has 0 aromatic heterocycles. The minimum Gasteiger partial charge on any atom is -0.594 e. The van der Waals surface area contributed by atoms with Gasteiger partial charge in [0.15, 0.2) is 0 Å². The molecule has 2 N–H and O–H groups in total. The molecule has 5 nitrogen and oxygen atoms in total. The Morgan fingerprint density at radius 2 is 1.32 bits per heavy atom.